The summed E-state index contributed by atoms with van der Waals surface area (Å²) < 4.78 is 5.13. The Morgan fingerprint density at radius 1 is 1.50 bits per heavy atom. The number of nitrogens with zero attached hydrogens (tertiary/aromatic N) is 1. The lowest BCUT2D eigenvalue weighted by Crippen LogP contribution is -2.25. The Kier molecular flexibility index (Phi) is 4.56. The van der Waals surface area contributed by atoms with Gasteiger partial charge in [-0.25, -0.2) is 0 Å². The van der Waals surface area contributed by atoms with Crippen LogP contribution < -0.4 is 5.32 Å². The first-order chi connectivity index (χ1) is 6.72. The number of methoxy groups -OCH3 is 1. The van der Waals surface area contributed by atoms with Crippen molar-refractivity contribution in [3.05, 3.63) is 29.6 Å². The van der Waals surface area contributed by atoms with Crippen LogP contribution in [-0.2, 0) is 11.3 Å². The van der Waals surface area contributed by atoms with Gasteiger partial charge in [-0.15, -0.1) is 0 Å². The maximum absolute atomic E-state index is 5.13. The van der Waals surface area contributed by atoms with E-state index in [2.05, 4.69) is 16.4 Å². The Morgan fingerprint density at radius 3 is 2.86 bits per heavy atom. The van der Waals surface area contributed by atoms with Crippen LogP contribution in [0.1, 0.15) is 18.2 Å². The smallest absolute Gasteiger partial charge is 0.0667 e. The minimum Gasteiger partial charge on any atom is -0.380 e. The van der Waals surface area contributed by atoms with Gasteiger partial charge in [-0.3, -0.25) is 4.98 Å². The number of aryl methyl sites for hydroxylation is 1. The van der Waals surface area contributed by atoms with Crippen LogP contribution in [0.15, 0.2) is 18.3 Å². The van der Waals surface area contributed by atoms with Crippen LogP contribution >= 0.6 is 0 Å². The number of pyridine rings is 1. The van der Waals surface area contributed by atoms with E-state index < -0.39 is 0 Å². The Balaban J connectivity index is 2.28. The van der Waals surface area contributed by atoms with E-state index in [9.17, 15) is 0 Å². The predicted octanol–water partition coefficient (Wildman–Crippen LogP) is 1.51. The zero-order valence-corrected chi connectivity index (χ0v) is 9.08. The predicted molar refractivity (Wildman–Crippen MR) is 57.2 cm³/mol. The molecule has 1 N–H and O–H groups in total. The minimum atomic E-state index is 0.258. The summed E-state index contributed by atoms with van der Waals surface area (Å²) in [5, 5.41) is 3.31. The first-order valence-electron chi connectivity index (χ1n) is 4.87. The van der Waals surface area contributed by atoms with Gasteiger partial charge >= 0.3 is 0 Å². The SMILES string of the molecule is COC(C)CNCc1ccc(C)nc1. The van der Waals surface area contributed by atoms with Crippen LogP contribution in [0.25, 0.3) is 0 Å². The molecule has 0 fully saturated rings. The fourth-order valence-electron chi connectivity index (χ4n) is 1.11. The van der Waals surface area contributed by atoms with Crippen LogP contribution in [-0.4, -0.2) is 24.7 Å². The van der Waals surface area contributed by atoms with Crippen LogP contribution in [0, 0.1) is 6.92 Å². The molecule has 78 valence electrons. The van der Waals surface area contributed by atoms with Gasteiger partial charge in [0.05, 0.1) is 6.10 Å². The Labute approximate surface area is 85.5 Å². The average Bonchev–Trinajstić information content (AvgIpc) is 2.21. The maximum atomic E-state index is 5.13. The fourth-order valence-corrected chi connectivity index (χ4v) is 1.11. The van der Waals surface area contributed by atoms with Crippen molar-refractivity contribution < 1.29 is 4.74 Å². The van der Waals surface area contributed by atoms with Crippen molar-refractivity contribution >= 4 is 0 Å². The zero-order valence-electron chi connectivity index (χ0n) is 9.08. The van der Waals surface area contributed by atoms with E-state index in [0.29, 0.717) is 0 Å². The van der Waals surface area contributed by atoms with Crippen molar-refractivity contribution in [3.8, 4) is 0 Å². The molecule has 0 radical (unpaired) electrons. The molecule has 14 heavy (non-hydrogen) atoms. The maximum Gasteiger partial charge on any atom is 0.0667 e. The van der Waals surface area contributed by atoms with Crippen LogP contribution in [0.3, 0.4) is 0 Å². The lowest BCUT2D eigenvalue weighted by atomic mass is 10.2. The molecular weight excluding hydrogens is 176 g/mol. The quantitative estimate of drug-likeness (QED) is 0.771. The summed E-state index contributed by atoms with van der Waals surface area (Å²) in [5.41, 5.74) is 2.26. The van der Waals surface area contributed by atoms with Gasteiger partial charge in [0.15, 0.2) is 0 Å². The second-order valence-corrected chi connectivity index (χ2v) is 3.49. The van der Waals surface area contributed by atoms with E-state index >= 15 is 0 Å². The van der Waals surface area contributed by atoms with E-state index in [-0.39, 0.29) is 6.10 Å². The second-order valence-electron chi connectivity index (χ2n) is 3.49. The molecule has 1 atom stereocenters. The highest BCUT2D eigenvalue weighted by molar-refractivity contribution is 5.12. The summed E-state index contributed by atoms with van der Waals surface area (Å²) in [6.07, 6.45) is 2.16. The average molecular weight is 194 g/mol. The molecule has 0 bridgehead atoms. The third-order valence-electron chi connectivity index (χ3n) is 2.14. The van der Waals surface area contributed by atoms with Gasteiger partial charge in [-0.1, -0.05) is 6.07 Å². The van der Waals surface area contributed by atoms with Gasteiger partial charge in [0, 0.05) is 32.1 Å². The molecule has 1 unspecified atom stereocenters. The van der Waals surface area contributed by atoms with Crippen molar-refractivity contribution in [3.63, 3.8) is 0 Å². The summed E-state index contributed by atoms with van der Waals surface area (Å²) in [5.74, 6) is 0. The van der Waals surface area contributed by atoms with Gasteiger partial charge in [0.2, 0.25) is 0 Å². The molecule has 0 spiro atoms. The molecule has 0 aliphatic carbocycles. The summed E-state index contributed by atoms with van der Waals surface area (Å²) in [6.45, 7) is 5.75. The number of nitrogens with one attached hydrogen (secondary N) is 1. The molecule has 1 aromatic heterocycles. The third kappa shape index (κ3) is 3.85. The van der Waals surface area contributed by atoms with Gasteiger partial charge < -0.3 is 10.1 Å². The summed E-state index contributed by atoms with van der Waals surface area (Å²) in [6, 6.07) is 4.11. The Bertz CT molecular complexity index is 258. The van der Waals surface area contributed by atoms with Gasteiger partial charge in [0.25, 0.3) is 0 Å². The van der Waals surface area contributed by atoms with Crippen molar-refractivity contribution in [2.24, 2.45) is 0 Å². The molecule has 0 saturated heterocycles. The monoisotopic (exact) mass is 194 g/mol. The highest BCUT2D eigenvalue weighted by Gasteiger charge is 1.98. The summed E-state index contributed by atoms with van der Waals surface area (Å²) in [4.78, 5) is 4.23. The summed E-state index contributed by atoms with van der Waals surface area (Å²) >= 11 is 0. The highest BCUT2D eigenvalue weighted by atomic mass is 16.5. The Hall–Kier alpha value is -0.930. The molecule has 0 aliphatic heterocycles. The van der Waals surface area contributed by atoms with Crippen LogP contribution in [0.4, 0.5) is 0 Å². The zero-order chi connectivity index (χ0) is 10.4. The number of aromatic nitrogens is 1. The summed E-state index contributed by atoms with van der Waals surface area (Å²) in [7, 11) is 1.72. The largest absolute Gasteiger partial charge is 0.380 e. The molecule has 0 aliphatic rings. The molecule has 3 nitrogen and oxygen atoms in total. The van der Waals surface area contributed by atoms with Gasteiger partial charge in [-0.2, -0.15) is 0 Å². The topological polar surface area (TPSA) is 34.1 Å². The highest BCUT2D eigenvalue weighted by Crippen LogP contribution is 1.98. The first-order valence-corrected chi connectivity index (χ1v) is 4.87. The van der Waals surface area contributed by atoms with E-state index in [1.165, 1.54) is 5.56 Å². The molecule has 1 heterocycles. The van der Waals surface area contributed by atoms with Crippen molar-refractivity contribution in [1.82, 2.24) is 10.3 Å². The fraction of sp³-hybridized carbons (Fsp3) is 0.545. The van der Waals surface area contributed by atoms with Crippen LogP contribution in [0.5, 0.6) is 0 Å². The van der Waals surface area contributed by atoms with Crippen LogP contribution in [0.2, 0.25) is 0 Å². The lowest BCUT2D eigenvalue weighted by molar-refractivity contribution is 0.117. The minimum absolute atomic E-state index is 0.258. The normalized spacial score (nSPS) is 12.8. The first kappa shape index (κ1) is 11.1. The molecule has 3 heteroatoms. The van der Waals surface area contributed by atoms with Gasteiger partial charge in [0.1, 0.15) is 0 Å². The second kappa shape index (κ2) is 5.73. The third-order valence-corrected chi connectivity index (χ3v) is 2.14. The number of hydrogen-bond donors (Lipinski definition) is 1. The van der Waals surface area contributed by atoms with Gasteiger partial charge in [-0.05, 0) is 25.5 Å². The molecule has 0 aromatic carbocycles. The van der Waals surface area contributed by atoms with Crippen molar-refractivity contribution in [2.75, 3.05) is 13.7 Å². The molecular formula is C11H18N2O. The van der Waals surface area contributed by atoms with E-state index in [4.69, 9.17) is 4.74 Å². The van der Waals surface area contributed by atoms with E-state index in [1.54, 1.807) is 7.11 Å². The molecule has 0 saturated carbocycles. The van der Waals surface area contributed by atoms with E-state index in [0.717, 1.165) is 18.8 Å². The number of ether oxygens (including phenoxy) is 1. The number of rotatable bonds is 5. The standard InChI is InChI=1S/C11H18N2O/c1-9-4-5-11(8-13-9)7-12-6-10(2)14-3/h4-5,8,10,12H,6-7H2,1-3H3. The van der Waals surface area contributed by atoms with E-state index in [1.807, 2.05) is 26.1 Å². The molecule has 1 aromatic rings. The Morgan fingerprint density at radius 2 is 2.29 bits per heavy atom. The van der Waals surface area contributed by atoms with Crippen molar-refractivity contribution in [2.45, 2.75) is 26.5 Å². The number of hydrogen-bond acceptors (Lipinski definition) is 3. The molecule has 0 amide bonds. The van der Waals surface area contributed by atoms with Crippen molar-refractivity contribution in [1.29, 1.82) is 0 Å². The lowest BCUT2D eigenvalue weighted by Gasteiger charge is -2.10. The molecule has 1 rings (SSSR count).